The van der Waals surface area contributed by atoms with E-state index >= 15 is 0 Å². The highest BCUT2D eigenvalue weighted by atomic mass is 16.3. The number of furan rings is 1. The molecule has 0 bridgehead atoms. The number of aromatic nitrogens is 2. The summed E-state index contributed by atoms with van der Waals surface area (Å²) >= 11 is 0. The number of hydrogen-bond donors (Lipinski definition) is 2. The van der Waals surface area contributed by atoms with E-state index in [1.807, 2.05) is 42.2 Å². The maximum Gasteiger partial charge on any atom is 0.274 e. The molecule has 3 aromatic rings. The lowest BCUT2D eigenvalue weighted by Gasteiger charge is -2.15. The molecule has 1 aliphatic rings. The normalized spacial score (nSPS) is 16.5. The second-order valence-electron chi connectivity index (χ2n) is 7.25. The summed E-state index contributed by atoms with van der Waals surface area (Å²) in [6.07, 6.45) is 1.73. The predicted octanol–water partition coefficient (Wildman–Crippen LogP) is 2.78. The van der Waals surface area contributed by atoms with Gasteiger partial charge in [-0.2, -0.15) is 5.10 Å². The number of likely N-dealkylation sites (tertiary alicyclic amines) is 1. The van der Waals surface area contributed by atoms with Crippen molar-refractivity contribution in [2.75, 3.05) is 13.1 Å². The molecule has 0 aliphatic carbocycles. The number of H-pyrrole nitrogens is 1. The van der Waals surface area contributed by atoms with Gasteiger partial charge in [-0.15, -0.1) is 0 Å². The summed E-state index contributed by atoms with van der Waals surface area (Å²) in [5, 5.41) is 7.03. The summed E-state index contributed by atoms with van der Waals surface area (Å²) < 4.78 is 5.57. The van der Waals surface area contributed by atoms with Gasteiger partial charge < -0.3 is 15.1 Å². The molecule has 1 aliphatic heterocycles. The Labute approximate surface area is 162 Å². The Morgan fingerprint density at radius 3 is 2.89 bits per heavy atom. The van der Waals surface area contributed by atoms with Gasteiger partial charge in [-0.05, 0) is 55.5 Å². The number of nitrogens with zero attached hydrogens (tertiary/aromatic N) is 2. The van der Waals surface area contributed by atoms with E-state index in [0.29, 0.717) is 41.7 Å². The van der Waals surface area contributed by atoms with E-state index in [0.717, 1.165) is 24.2 Å². The fourth-order valence-corrected chi connectivity index (χ4v) is 3.67. The number of primary amides is 1. The van der Waals surface area contributed by atoms with Crippen LogP contribution in [-0.2, 0) is 6.42 Å². The number of benzene rings is 1. The van der Waals surface area contributed by atoms with E-state index in [1.54, 1.807) is 12.1 Å². The number of rotatable bonds is 5. The van der Waals surface area contributed by atoms with E-state index in [4.69, 9.17) is 10.2 Å². The molecule has 2 aromatic heterocycles. The Morgan fingerprint density at radius 1 is 1.29 bits per heavy atom. The maximum atomic E-state index is 12.8. The molecule has 0 saturated carbocycles. The Balaban J connectivity index is 1.40. The molecule has 2 amide bonds. The molecular weight excluding hydrogens is 356 g/mol. The second-order valence-corrected chi connectivity index (χ2v) is 7.25. The smallest absolute Gasteiger partial charge is 0.274 e. The first-order valence-corrected chi connectivity index (χ1v) is 9.30. The van der Waals surface area contributed by atoms with Crippen molar-refractivity contribution in [1.29, 1.82) is 0 Å². The van der Waals surface area contributed by atoms with E-state index in [2.05, 4.69) is 10.2 Å². The first-order chi connectivity index (χ1) is 13.5. The van der Waals surface area contributed by atoms with Crippen molar-refractivity contribution in [3.63, 3.8) is 0 Å². The molecular formula is C21H22N4O3. The zero-order valence-electron chi connectivity index (χ0n) is 15.6. The number of amides is 2. The molecule has 1 aromatic carbocycles. The molecule has 0 radical (unpaired) electrons. The third-order valence-corrected chi connectivity index (χ3v) is 5.11. The van der Waals surface area contributed by atoms with Crippen LogP contribution in [0.4, 0.5) is 0 Å². The van der Waals surface area contributed by atoms with Crippen LogP contribution in [-0.4, -0.2) is 40.0 Å². The number of aryl methyl sites for hydroxylation is 1. The van der Waals surface area contributed by atoms with E-state index in [9.17, 15) is 9.59 Å². The van der Waals surface area contributed by atoms with Crippen molar-refractivity contribution in [3.05, 3.63) is 65.0 Å². The minimum atomic E-state index is -0.425. The number of carbonyl (C=O) groups is 2. The van der Waals surface area contributed by atoms with E-state index in [-0.39, 0.29) is 5.91 Å². The quantitative estimate of drug-likeness (QED) is 0.712. The highest BCUT2D eigenvalue weighted by molar-refractivity contribution is 5.93. The van der Waals surface area contributed by atoms with Crippen LogP contribution in [0.5, 0.6) is 0 Å². The summed E-state index contributed by atoms with van der Waals surface area (Å²) in [7, 11) is 0. The number of nitrogens with two attached hydrogens (primary N) is 1. The average Bonchev–Trinajstić information content (AvgIpc) is 3.42. The van der Waals surface area contributed by atoms with Crippen molar-refractivity contribution in [2.45, 2.75) is 19.8 Å². The van der Waals surface area contributed by atoms with Gasteiger partial charge in [0.2, 0.25) is 5.91 Å². The van der Waals surface area contributed by atoms with E-state index < -0.39 is 5.91 Å². The van der Waals surface area contributed by atoms with Gasteiger partial charge in [0.1, 0.15) is 11.5 Å². The lowest BCUT2D eigenvalue weighted by atomic mass is 9.97. The first kappa shape index (κ1) is 18.0. The Kier molecular flexibility index (Phi) is 4.73. The third kappa shape index (κ3) is 3.69. The maximum absolute atomic E-state index is 12.8. The van der Waals surface area contributed by atoms with Gasteiger partial charge >= 0.3 is 0 Å². The van der Waals surface area contributed by atoms with Crippen molar-refractivity contribution in [2.24, 2.45) is 11.7 Å². The zero-order valence-corrected chi connectivity index (χ0v) is 15.6. The molecule has 28 heavy (non-hydrogen) atoms. The number of nitrogens with one attached hydrogen (secondary N) is 1. The Hall–Kier alpha value is -3.35. The minimum Gasteiger partial charge on any atom is -0.460 e. The van der Waals surface area contributed by atoms with Gasteiger partial charge in [-0.1, -0.05) is 12.1 Å². The molecule has 144 valence electrons. The molecule has 1 atom stereocenters. The number of hydrogen-bond acceptors (Lipinski definition) is 4. The third-order valence-electron chi connectivity index (χ3n) is 5.11. The number of aromatic amines is 1. The lowest BCUT2D eigenvalue weighted by Crippen LogP contribution is -2.29. The molecule has 1 unspecified atom stereocenters. The van der Waals surface area contributed by atoms with Crippen molar-refractivity contribution < 1.29 is 14.0 Å². The fourth-order valence-electron chi connectivity index (χ4n) is 3.67. The van der Waals surface area contributed by atoms with Crippen molar-refractivity contribution >= 4 is 11.8 Å². The minimum absolute atomic E-state index is 0.0841. The average molecular weight is 378 g/mol. The van der Waals surface area contributed by atoms with E-state index in [1.165, 1.54) is 0 Å². The van der Waals surface area contributed by atoms with Crippen LogP contribution in [0.3, 0.4) is 0 Å². The van der Waals surface area contributed by atoms with Crippen LogP contribution < -0.4 is 5.73 Å². The molecule has 1 saturated heterocycles. The molecule has 1 fully saturated rings. The highest BCUT2D eigenvalue weighted by Crippen LogP contribution is 2.25. The van der Waals surface area contributed by atoms with Crippen molar-refractivity contribution in [3.8, 4) is 11.5 Å². The van der Waals surface area contributed by atoms with Gasteiger partial charge in [0.15, 0.2) is 11.5 Å². The molecule has 0 spiro atoms. The largest absolute Gasteiger partial charge is 0.460 e. The van der Waals surface area contributed by atoms with Gasteiger partial charge in [0, 0.05) is 24.7 Å². The summed E-state index contributed by atoms with van der Waals surface area (Å²) in [5.41, 5.74) is 8.01. The monoisotopic (exact) mass is 378 g/mol. The molecule has 7 heteroatoms. The summed E-state index contributed by atoms with van der Waals surface area (Å²) in [5.74, 6) is 1.31. The SMILES string of the molecule is Cc1ccc(-c2cc(C(=O)N3CCC(Cc4cccc(C(N)=O)c4)C3)n[nH]2)o1. The summed E-state index contributed by atoms with van der Waals surface area (Å²) in [4.78, 5) is 26.0. The standard InChI is InChI=1S/C21H22N4O3/c1-13-5-6-19(28-13)17-11-18(24-23-17)21(27)25-8-7-15(12-25)9-14-3-2-4-16(10-14)20(22)26/h2-6,10-11,15H,7-9,12H2,1H3,(H2,22,26)(H,23,24). The molecule has 7 nitrogen and oxygen atoms in total. The van der Waals surface area contributed by atoms with Crippen LogP contribution in [0, 0.1) is 12.8 Å². The molecule has 4 rings (SSSR count). The Morgan fingerprint density at radius 2 is 2.14 bits per heavy atom. The second kappa shape index (κ2) is 7.34. The predicted molar refractivity (Wildman–Crippen MR) is 104 cm³/mol. The van der Waals surface area contributed by atoms with Gasteiger partial charge in [0.25, 0.3) is 5.91 Å². The van der Waals surface area contributed by atoms with Gasteiger partial charge in [0.05, 0.1) is 0 Å². The van der Waals surface area contributed by atoms with Crippen LogP contribution >= 0.6 is 0 Å². The van der Waals surface area contributed by atoms with Crippen LogP contribution in [0.15, 0.2) is 46.9 Å². The molecule has 3 heterocycles. The topological polar surface area (TPSA) is 105 Å². The molecule has 3 N–H and O–H groups in total. The summed E-state index contributed by atoms with van der Waals surface area (Å²) in [6.45, 7) is 3.23. The fraction of sp³-hybridized carbons (Fsp3) is 0.286. The van der Waals surface area contributed by atoms with Gasteiger partial charge in [-0.25, -0.2) is 0 Å². The van der Waals surface area contributed by atoms with Crippen molar-refractivity contribution in [1.82, 2.24) is 15.1 Å². The first-order valence-electron chi connectivity index (χ1n) is 9.30. The summed E-state index contributed by atoms with van der Waals surface area (Å²) in [6, 6.07) is 12.8. The Bertz CT molecular complexity index is 1020. The van der Waals surface area contributed by atoms with Gasteiger partial charge in [-0.3, -0.25) is 14.7 Å². The lowest BCUT2D eigenvalue weighted by molar-refractivity contribution is 0.0781. The number of carbonyl (C=O) groups excluding carboxylic acids is 2. The zero-order chi connectivity index (χ0) is 19.7. The van der Waals surface area contributed by atoms with Crippen LogP contribution in [0.1, 0.15) is 38.6 Å². The highest BCUT2D eigenvalue weighted by Gasteiger charge is 2.28. The van der Waals surface area contributed by atoms with Crippen LogP contribution in [0.25, 0.3) is 11.5 Å². The van der Waals surface area contributed by atoms with Crippen LogP contribution in [0.2, 0.25) is 0 Å².